The van der Waals surface area contributed by atoms with Gasteiger partial charge in [0, 0.05) is 5.41 Å². The summed E-state index contributed by atoms with van der Waals surface area (Å²) in [5.41, 5.74) is 5.19. The minimum Gasteiger partial charge on any atom is -0.478 e. The number of carboxylic acid groups (broad SMARTS) is 2. The molecule has 0 bridgehead atoms. The van der Waals surface area contributed by atoms with E-state index in [4.69, 9.17) is 14.9 Å². The van der Waals surface area contributed by atoms with Gasteiger partial charge in [0.05, 0.1) is 23.3 Å². The predicted octanol–water partition coefficient (Wildman–Crippen LogP) is 6.63. The zero-order valence-electron chi connectivity index (χ0n) is 22.7. The summed E-state index contributed by atoms with van der Waals surface area (Å²) >= 11 is 0. The number of carbonyl (C=O) groups is 3. The number of ether oxygens (including phenoxy) is 1. The summed E-state index contributed by atoms with van der Waals surface area (Å²) in [5, 5.41) is 18.1. The van der Waals surface area contributed by atoms with Crippen LogP contribution in [0.3, 0.4) is 0 Å². The quantitative estimate of drug-likeness (QED) is 0.278. The molecule has 0 radical (unpaired) electrons. The fourth-order valence-corrected chi connectivity index (χ4v) is 4.66. The molecule has 0 spiro atoms. The number of aryl methyl sites for hydroxylation is 1. The Kier molecular flexibility index (Phi) is 8.77. The second-order valence-electron chi connectivity index (χ2n) is 11.6. The van der Waals surface area contributed by atoms with Gasteiger partial charge in [-0.25, -0.2) is 14.4 Å². The van der Waals surface area contributed by atoms with Crippen LogP contribution in [0.25, 0.3) is 0 Å². The highest BCUT2D eigenvalue weighted by Crippen LogP contribution is 2.30. The number of hydrogen-bond donors (Lipinski definition) is 2. The second kappa shape index (κ2) is 11.6. The topological polar surface area (TPSA) is 101 Å². The first-order valence-corrected chi connectivity index (χ1v) is 12.7. The molecular weight excluding hydrogens is 480 g/mol. The zero-order valence-corrected chi connectivity index (χ0v) is 22.7. The van der Waals surface area contributed by atoms with Crippen molar-refractivity contribution >= 4 is 17.9 Å². The van der Waals surface area contributed by atoms with Gasteiger partial charge < -0.3 is 14.9 Å². The predicted molar refractivity (Wildman–Crippen MR) is 147 cm³/mol. The molecular formula is C32H36O6. The minimum absolute atomic E-state index is 0.00512. The number of rotatable bonds is 11. The lowest BCUT2D eigenvalue weighted by atomic mass is 9.79. The van der Waals surface area contributed by atoms with Gasteiger partial charge in [-0.05, 0) is 90.3 Å². The Morgan fingerprint density at radius 2 is 1.13 bits per heavy atom. The summed E-state index contributed by atoms with van der Waals surface area (Å²) in [6.07, 6.45) is 2.46. The van der Waals surface area contributed by atoms with Crippen LogP contribution in [0.1, 0.15) is 81.0 Å². The van der Waals surface area contributed by atoms with Gasteiger partial charge in [-0.3, -0.25) is 0 Å². The number of carboxylic acids is 2. The van der Waals surface area contributed by atoms with Crippen molar-refractivity contribution in [2.75, 3.05) is 6.61 Å². The molecule has 0 unspecified atom stereocenters. The number of esters is 1. The molecule has 2 N–H and O–H groups in total. The normalized spacial score (nSPS) is 11.7. The molecule has 0 aromatic heterocycles. The SMILES string of the molecule is Cc1cc(CC(C)(C)Cc2ccc(C(=O)O)cc2)ccc1CC(C)(C)COC(=O)c1ccc(C(=O)O)cc1. The van der Waals surface area contributed by atoms with Gasteiger partial charge in [-0.15, -0.1) is 0 Å². The highest BCUT2D eigenvalue weighted by Gasteiger charge is 2.24. The maximum atomic E-state index is 12.5. The molecule has 0 saturated heterocycles. The average molecular weight is 517 g/mol. The van der Waals surface area contributed by atoms with Crippen LogP contribution in [0.2, 0.25) is 0 Å². The molecule has 0 heterocycles. The van der Waals surface area contributed by atoms with E-state index in [0.29, 0.717) is 11.1 Å². The maximum absolute atomic E-state index is 12.5. The minimum atomic E-state index is -1.04. The molecule has 0 aliphatic carbocycles. The lowest BCUT2D eigenvalue weighted by molar-refractivity contribution is 0.0340. The third-order valence-electron chi connectivity index (χ3n) is 6.60. The van der Waals surface area contributed by atoms with Crippen molar-refractivity contribution in [1.82, 2.24) is 0 Å². The summed E-state index contributed by atoms with van der Waals surface area (Å²) in [5.74, 6) is -2.43. The first kappa shape index (κ1) is 28.6. The molecule has 0 atom stereocenters. The van der Waals surface area contributed by atoms with Crippen LogP contribution >= 0.6 is 0 Å². The third kappa shape index (κ3) is 8.04. The van der Waals surface area contributed by atoms with Crippen LogP contribution in [0.15, 0.2) is 66.7 Å². The highest BCUT2D eigenvalue weighted by molar-refractivity contribution is 5.92. The fourth-order valence-electron chi connectivity index (χ4n) is 4.66. The Morgan fingerprint density at radius 1 is 0.658 bits per heavy atom. The monoisotopic (exact) mass is 516 g/mol. The molecule has 200 valence electrons. The molecule has 0 fully saturated rings. The smallest absolute Gasteiger partial charge is 0.338 e. The van der Waals surface area contributed by atoms with Crippen LogP contribution in [-0.4, -0.2) is 34.7 Å². The molecule has 0 aliphatic heterocycles. The Bertz CT molecular complexity index is 1300. The molecule has 0 amide bonds. The molecule has 3 aromatic carbocycles. The highest BCUT2D eigenvalue weighted by atomic mass is 16.5. The van der Waals surface area contributed by atoms with Crippen molar-refractivity contribution < 1.29 is 29.3 Å². The van der Waals surface area contributed by atoms with E-state index < -0.39 is 17.9 Å². The molecule has 3 aromatic rings. The van der Waals surface area contributed by atoms with E-state index in [1.807, 2.05) is 12.1 Å². The first-order chi connectivity index (χ1) is 17.7. The Labute approximate surface area is 224 Å². The molecule has 0 aliphatic rings. The van der Waals surface area contributed by atoms with Crippen molar-refractivity contribution in [2.45, 2.75) is 53.9 Å². The van der Waals surface area contributed by atoms with Crippen LogP contribution in [-0.2, 0) is 24.0 Å². The van der Waals surface area contributed by atoms with Gasteiger partial charge in [0.1, 0.15) is 0 Å². The summed E-state index contributed by atoms with van der Waals surface area (Å²) in [6.45, 7) is 10.9. The van der Waals surface area contributed by atoms with E-state index in [1.54, 1.807) is 12.1 Å². The van der Waals surface area contributed by atoms with E-state index in [2.05, 4.69) is 52.8 Å². The third-order valence-corrected chi connectivity index (χ3v) is 6.60. The lowest BCUT2D eigenvalue weighted by Gasteiger charge is -2.27. The van der Waals surface area contributed by atoms with E-state index in [9.17, 15) is 14.4 Å². The van der Waals surface area contributed by atoms with Gasteiger partial charge in [-0.2, -0.15) is 0 Å². The van der Waals surface area contributed by atoms with Crippen LogP contribution in [0, 0.1) is 17.8 Å². The number of aromatic carboxylic acids is 2. The molecule has 3 rings (SSSR count). The maximum Gasteiger partial charge on any atom is 0.338 e. The van der Waals surface area contributed by atoms with E-state index in [0.717, 1.165) is 24.8 Å². The second-order valence-corrected chi connectivity index (χ2v) is 11.6. The van der Waals surface area contributed by atoms with Crippen LogP contribution in [0.4, 0.5) is 0 Å². The Morgan fingerprint density at radius 3 is 1.66 bits per heavy atom. The Hall–Kier alpha value is -3.93. The summed E-state index contributed by atoms with van der Waals surface area (Å²) < 4.78 is 5.55. The van der Waals surface area contributed by atoms with E-state index >= 15 is 0 Å². The lowest BCUT2D eigenvalue weighted by Crippen LogP contribution is -2.25. The van der Waals surface area contributed by atoms with Gasteiger partial charge in [0.2, 0.25) is 0 Å². The van der Waals surface area contributed by atoms with Crippen molar-refractivity contribution in [3.8, 4) is 0 Å². The molecule has 0 saturated carbocycles. The van der Waals surface area contributed by atoms with Crippen molar-refractivity contribution in [2.24, 2.45) is 10.8 Å². The Balaban J connectivity index is 1.58. The molecule has 6 nitrogen and oxygen atoms in total. The van der Waals surface area contributed by atoms with Crippen molar-refractivity contribution in [3.05, 3.63) is 106 Å². The van der Waals surface area contributed by atoms with Gasteiger partial charge >= 0.3 is 17.9 Å². The number of carbonyl (C=O) groups excluding carboxylic acids is 1. The zero-order chi connectivity index (χ0) is 28.1. The summed E-state index contributed by atoms with van der Waals surface area (Å²) in [6, 6.07) is 19.3. The summed E-state index contributed by atoms with van der Waals surface area (Å²) in [4.78, 5) is 34.6. The van der Waals surface area contributed by atoms with E-state index in [-0.39, 0.29) is 23.0 Å². The van der Waals surface area contributed by atoms with Gasteiger partial charge in [0.25, 0.3) is 0 Å². The van der Waals surface area contributed by atoms with Crippen LogP contribution in [0.5, 0.6) is 0 Å². The number of hydrogen-bond acceptors (Lipinski definition) is 4. The van der Waals surface area contributed by atoms with E-state index in [1.165, 1.54) is 41.0 Å². The number of benzene rings is 3. The van der Waals surface area contributed by atoms with Gasteiger partial charge in [0.15, 0.2) is 0 Å². The molecule has 6 heteroatoms. The average Bonchev–Trinajstić information content (AvgIpc) is 2.84. The van der Waals surface area contributed by atoms with Crippen LogP contribution < -0.4 is 0 Å². The standard InChI is InChI=1S/C32H36O6/c1-21-16-23(18-31(2,3)17-22-6-9-24(10-7-22)28(33)34)8-11-27(21)19-32(4,5)20-38-30(37)26-14-12-25(13-15-26)29(35)36/h6-16H,17-20H2,1-5H3,(H,33,34)(H,35,36). The van der Waals surface area contributed by atoms with Gasteiger partial charge in [-0.1, -0.05) is 58.0 Å². The largest absolute Gasteiger partial charge is 0.478 e. The molecule has 38 heavy (non-hydrogen) atoms. The summed E-state index contributed by atoms with van der Waals surface area (Å²) in [7, 11) is 0. The van der Waals surface area contributed by atoms with Crippen molar-refractivity contribution in [3.63, 3.8) is 0 Å². The van der Waals surface area contributed by atoms with Crippen molar-refractivity contribution in [1.29, 1.82) is 0 Å². The fraction of sp³-hybridized carbons (Fsp3) is 0.344. The first-order valence-electron chi connectivity index (χ1n) is 12.7.